The summed E-state index contributed by atoms with van der Waals surface area (Å²) >= 11 is 0. The summed E-state index contributed by atoms with van der Waals surface area (Å²) in [6, 6.07) is 12.3. The molecule has 0 bridgehead atoms. The molecule has 3 heteroatoms. The smallest absolute Gasteiger partial charge is 0.0234 e. The fraction of sp³-hybridized carbons (Fsp3) is 0.647. The molecule has 1 aromatic carbocycles. The lowest BCUT2D eigenvalue weighted by atomic mass is 10.0. The molecule has 3 nitrogen and oxygen atoms in total. The first kappa shape index (κ1) is 14.1. The fourth-order valence-corrected chi connectivity index (χ4v) is 3.50. The van der Waals surface area contributed by atoms with Gasteiger partial charge in [0.1, 0.15) is 0 Å². The Kier molecular flexibility index (Phi) is 5.06. The molecule has 20 heavy (non-hydrogen) atoms. The largest absolute Gasteiger partial charge is 0.317 e. The third-order valence-corrected chi connectivity index (χ3v) is 4.57. The standard InChI is InChI=1S/C17H27N3/c1-2-5-15(6-3-1)13-20-12-4-7-17(14-20)19-16-8-10-18-11-9-16/h1-3,5-6,16-19H,4,7-14H2. The number of hydrogen-bond donors (Lipinski definition) is 2. The van der Waals surface area contributed by atoms with Crippen LogP contribution in [0.25, 0.3) is 0 Å². The number of nitrogens with zero attached hydrogens (tertiary/aromatic N) is 1. The van der Waals surface area contributed by atoms with E-state index >= 15 is 0 Å². The lowest BCUT2D eigenvalue weighted by Crippen LogP contribution is -2.51. The summed E-state index contributed by atoms with van der Waals surface area (Å²) in [5.74, 6) is 0. The quantitative estimate of drug-likeness (QED) is 0.878. The van der Waals surface area contributed by atoms with Gasteiger partial charge in [-0.25, -0.2) is 0 Å². The third-order valence-electron chi connectivity index (χ3n) is 4.57. The Labute approximate surface area is 122 Å². The molecule has 110 valence electrons. The van der Waals surface area contributed by atoms with Crippen molar-refractivity contribution in [2.75, 3.05) is 26.2 Å². The summed E-state index contributed by atoms with van der Waals surface area (Å²) in [6.45, 7) is 5.92. The normalized spacial score (nSPS) is 25.7. The highest BCUT2D eigenvalue weighted by molar-refractivity contribution is 5.14. The van der Waals surface area contributed by atoms with Crippen LogP contribution in [0.5, 0.6) is 0 Å². The Balaban J connectivity index is 1.48. The molecule has 0 aliphatic carbocycles. The first-order valence-electron chi connectivity index (χ1n) is 8.13. The molecule has 2 saturated heterocycles. The predicted octanol–water partition coefficient (Wildman–Crippen LogP) is 1.99. The van der Waals surface area contributed by atoms with Crippen molar-refractivity contribution in [3.8, 4) is 0 Å². The summed E-state index contributed by atoms with van der Waals surface area (Å²) < 4.78 is 0. The van der Waals surface area contributed by atoms with Crippen LogP contribution in [0.4, 0.5) is 0 Å². The van der Waals surface area contributed by atoms with E-state index in [1.165, 1.54) is 57.4 Å². The van der Waals surface area contributed by atoms with Gasteiger partial charge in [-0.1, -0.05) is 30.3 Å². The van der Waals surface area contributed by atoms with Crippen molar-refractivity contribution in [2.45, 2.75) is 44.3 Å². The third kappa shape index (κ3) is 4.05. The van der Waals surface area contributed by atoms with Crippen LogP contribution in [0.1, 0.15) is 31.2 Å². The van der Waals surface area contributed by atoms with E-state index in [0.29, 0.717) is 6.04 Å². The summed E-state index contributed by atoms with van der Waals surface area (Å²) in [7, 11) is 0. The van der Waals surface area contributed by atoms with Crippen LogP contribution in [0.3, 0.4) is 0 Å². The van der Waals surface area contributed by atoms with Gasteiger partial charge >= 0.3 is 0 Å². The van der Waals surface area contributed by atoms with Gasteiger partial charge in [0.25, 0.3) is 0 Å². The van der Waals surface area contributed by atoms with Crippen molar-refractivity contribution in [2.24, 2.45) is 0 Å². The number of benzene rings is 1. The van der Waals surface area contributed by atoms with Crippen LogP contribution in [0, 0.1) is 0 Å². The first-order chi connectivity index (χ1) is 9.90. The Bertz CT molecular complexity index is 386. The van der Waals surface area contributed by atoms with Crippen LogP contribution in [-0.2, 0) is 6.54 Å². The highest BCUT2D eigenvalue weighted by Gasteiger charge is 2.23. The number of hydrogen-bond acceptors (Lipinski definition) is 3. The second-order valence-electron chi connectivity index (χ2n) is 6.25. The molecule has 2 N–H and O–H groups in total. The molecular weight excluding hydrogens is 246 g/mol. The van der Waals surface area contributed by atoms with E-state index < -0.39 is 0 Å². The Hall–Kier alpha value is -0.900. The van der Waals surface area contributed by atoms with Crippen LogP contribution < -0.4 is 10.6 Å². The van der Waals surface area contributed by atoms with Crippen LogP contribution in [0.15, 0.2) is 30.3 Å². The van der Waals surface area contributed by atoms with Gasteiger partial charge in [0.15, 0.2) is 0 Å². The highest BCUT2D eigenvalue weighted by atomic mass is 15.2. The molecule has 0 spiro atoms. The molecule has 2 fully saturated rings. The van der Waals surface area contributed by atoms with Crippen LogP contribution in [-0.4, -0.2) is 43.2 Å². The number of rotatable bonds is 4. The molecule has 0 aromatic heterocycles. The Morgan fingerprint density at radius 2 is 1.85 bits per heavy atom. The Morgan fingerprint density at radius 1 is 1.05 bits per heavy atom. The zero-order valence-corrected chi connectivity index (χ0v) is 12.4. The minimum absolute atomic E-state index is 0.690. The SMILES string of the molecule is c1ccc(CN2CCCC(NC3CCNCC3)C2)cc1. The van der Waals surface area contributed by atoms with Crippen LogP contribution >= 0.6 is 0 Å². The zero-order valence-electron chi connectivity index (χ0n) is 12.4. The minimum Gasteiger partial charge on any atom is -0.317 e. The first-order valence-corrected chi connectivity index (χ1v) is 8.13. The molecule has 0 radical (unpaired) electrons. The average Bonchev–Trinajstić information content (AvgIpc) is 2.50. The monoisotopic (exact) mass is 273 g/mol. The van der Waals surface area contributed by atoms with Crippen molar-refractivity contribution < 1.29 is 0 Å². The lowest BCUT2D eigenvalue weighted by molar-refractivity contribution is 0.170. The molecule has 2 aliphatic rings. The molecule has 0 amide bonds. The maximum absolute atomic E-state index is 3.89. The predicted molar refractivity (Wildman–Crippen MR) is 83.8 cm³/mol. The van der Waals surface area contributed by atoms with E-state index in [0.717, 1.165) is 12.6 Å². The molecule has 3 rings (SSSR count). The van der Waals surface area contributed by atoms with Gasteiger partial charge in [-0.3, -0.25) is 4.90 Å². The van der Waals surface area contributed by atoms with E-state index in [4.69, 9.17) is 0 Å². The van der Waals surface area contributed by atoms with Crippen molar-refractivity contribution >= 4 is 0 Å². The van der Waals surface area contributed by atoms with E-state index in [9.17, 15) is 0 Å². The van der Waals surface area contributed by atoms with E-state index in [1.54, 1.807) is 0 Å². The molecule has 1 aromatic rings. The van der Waals surface area contributed by atoms with Gasteiger partial charge in [0.05, 0.1) is 0 Å². The summed E-state index contributed by atoms with van der Waals surface area (Å²) in [5.41, 5.74) is 1.44. The van der Waals surface area contributed by atoms with Gasteiger partial charge in [-0.15, -0.1) is 0 Å². The van der Waals surface area contributed by atoms with Crippen LogP contribution in [0.2, 0.25) is 0 Å². The summed E-state index contributed by atoms with van der Waals surface area (Å²) in [5, 5.41) is 7.33. The molecule has 0 saturated carbocycles. The van der Waals surface area contributed by atoms with E-state index in [2.05, 4.69) is 45.9 Å². The zero-order chi connectivity index (χ0) is 13.6. The average molecular weight is 273 g/mol. The number of nitrogens with one attached hydrogen (secondary N) is 2. The maximum Gasteiger partial charge on any atom is 0.0234 e. The van der Waals surface area contributed by atoms with E-state index in [-0.39, 0.29) is 0 Å². The van der Waals surface area contributed by atoms with Gasteiger partial charge in [-0.05, 0) is 50.9 Å². The Morgan fingerprint density at radius 3 is 2.65 bits per heavy atom. The molecule has 1 unspecified atom stereocenters. The second kappa shape index (κ2) is 7.21. The molecule has 2 aliphatic heterocycles. The fourth-order valence-electron chi connectivity index (χ4n) is 3.50. The van der Waals surface area contributed by atoms with Gasteiger partial charge in [-0.2, -0.15) is 0 Å². The van der Waals surface area contributed by atoms with Gasteiger partial charge in [0, 0.05) is 25.2 Å². The van der Waals surface area contributed by atoms with E-state index in [1.807, 2.05) is 0 Å². The molecule has 2 heterocycles. The molecular formula is C17H27N3. The number of likely N-dealkylation sites (tertiary alicyclic amines) is 1. The van der Waals surface area contributed by atoms with Crippen molar-refractivity contribution in [1.82, 2.24) is 15.5 Å². The maximum atomic E-state index is 3.89. The summed E-state index contributed by atoms with van der Waals surface area (Å²) in [6.07, 6.45) is 5.25. The van der Waals surface area contributed by atoms with Gasteiger partial charge in [0.2, 0.25) is 0 Å². The summed E-state index contributed by atoms with van der Waals surface area (Å²) in [4.78, 5) is 2.61. The molecule has 1 atom stereocenters. The van der Waals surface area contributed by atoms with Crippen molar-refractivity contribution in [1.29, 1.82) is 0 Å². The second-order valence-corrected chi connectivity index (χ2v) is 6.25. The topological polar surface area (TPSA) is 27.3 Å². The highest BCUT2D eigenvalue weighted by Crippen LogP contribution is 2.15. The number of piperidine rings is 2. The van der Waals surface area contributed by atoms with Gasteiger partial charge < -0.3 is 10.6 Å². The van der Waals surface area contributed by atoms with Crippen molar-refractivity contribution in [3.63, 3.8) is 0 Å². The lowest BCUT2D eigenvalue weighted by Gasteiger charge is -2.36. The van der Waals surface area contributed by atoms with Crippen molar-refractivity contribution in [3.05, 3.63) is 35.9 Å². The minimum atomic E-state index is 0.690.